The number of aryl methyl sites for hydroxylation is 1. The highest BCUT2D eigenvalue weighted by atomic mass is 32.1. The lowest BCUT2D eigenvalue weighted by atomic mass is 10.0. The van der Waals surface area contributed by atoms with Crippen molar-refractivity contribution in [2.45, 2.75) is 6.92 Å². The van der Waals surface area contributed by atoms with Crippen LogP contribution in [0, 0.1) is 6.92 Å². The highest BCUT2D eigenvalue weighted by Crippen LogP contribution is 2.40. The minimum atomic E-state index is 0.0655. The zero-order chi connectivity index (χ0) is 15.7. The number of anilines is 1. The molecule has 2 aromatic heterocycles. The molecule has 3 aromatic rings. The molecule has 2 heterocycles. The largest absolute Gasteiger partial charge is 0.409 e. The summed E-state index contributed by atoms with van der Waals surface area (Å²) in [6.45, 7) is 1.98. The second kappa shape index (κ2) is 5.58. The van der Waals surface area contributed by atoms with Gasteiger partial charge in [-0.2, -0.15) is 0 Å². The number of amidine groups is 1. The maximum absolute atomic E-state index is 8.97. The zero-order valence-electron chi connectivity index (χ0n) is 11.7. The molecule has 0 aliphatic carbocycles. The molecule has 0 aliphatic rings. The molecule has 0 unspecified atom stereocenters. The van der Waals surface area contributed by atoms with E-state index < -0.39 is 0 Å². The number of fused-ring (bicyclic) bond motifs is 1. The fourth-order valence-corrected chi connectivity index (χ4v) is 3.59. The van der Waals surface area contributed by atoms with Gasteiger partial charge in [-0.05, 0) is 12.5 Å². The Morgan fingerprint density at radius 3 is 2.82 bits per heavy atom. The van der Waals surface area contributed by atoms with E-state index in [0.717, 1.165) is 26.2 Å². The van der Waals surface area contributed by atoms with Crippen molar-refractivity contribution in [3.8, 4) is 10.4 Å². The van der Waals surface area contributed by atoms with E-state index in [1.165, 1.54) is 17.7 Å². The van der Waals surface area contributed by atoms with Gasteiger partial charge in [0, 0.05) is 16.0 Å². The number of rotatable bonds is 3. The first-order valence-electron chi connectivity index (χ1n) is 6.45. The lowest BCUT2D eigenvalue weighted by molar-refractivity contribution is 0.318. The maximum atomic E-state index is 8.97. The molecule has 22 heavy (non-hydrogen) atoms. The fourth-order valence-electron chi connectivity index (χ4n) is 2.34. The Morgan fingerprint density at radius 1 is 1.32 bits per heavy atom. The Kier molecular flexibility index (Phi) is 3.61. The predicted molar refractivity (Wildman–Crippen MR) is 87.9 cm³/mol. The van der Waals surface area contributed by atoms with Crippen LogP contribution in [0.25, 0.3) is 20.7 Å². The van der Waals surface area contributed by atoms with Gasteiger partial charge in [0.2, 0.25) is 0 Å². The van der Waals surface area contributed by atoms with Crippen LogP contribution in [0.15, 0.2) is 35.7 Å². The first-order chi connectivity index (χ1) is 10.7. The first kappa shape index (κ1) is 14.2. The molecule has 8 heteroatoms. The van der Waals surface area contributed by atoms with Crippen LogP contribution in [-0.2, 0) is 0 Å². The zero-order valence-corrected chi connectivity index (χ0v) is 12.6. The van der Waals surface area contributed by atoms with Gasteiger partial charge in [-0.3, -0.25) is 0 Å². The van der Waals surface area contributed by atoms with Crippen LogP contribution < -0.4 is 17.0 Å². The van der Waals surface area contributed by atoms with Crippen LogP contribution >= 0.6 is 11.3 Å². The summed E-state index contributed by atoms with van der Waals surface area (Å²) in [5.74, 6) is 6.15. The molecule has 0 spiro atoms. The van der Waals surface area contributed by atoms with Crippen molar-refractivity contribution in [1.82, 2.24) is 9.97 Å². The summed E-state index contributed by atoms with van der Waals surface area (Å²) >= 11 is 1.51. The molecule has 112 valence electrons. The Hall–Kier alpha value is -2.71. The third-order valence-corrected chi connectivity index (χ3v) is 4.72. The van der Waals surface area contributed by atoms with Gasteiger partial charge in [0.25, 0.3) is 0 Å². The Bertz CT molecular complexity index is 873. The molecule has 0 amide bonds. The van der Waals surface area contributed by atoms with Crippen molar-refractivity contribution < 1.29 is 5.21 Å². The van der Waals surface area contributed by atoms with Gasteiger partial charge < -0.3 is 16.4 Å². The molecular formula is C14H14N6OS. The smallest absolute Gasteiger partial charge is 0.170 e. The number of thiophene rings is 1. The number of nitrogens with one attached hydrogen (secondary N) is 1. The summed E-state index contributed by atoms with van der Waals surface area (Å²) < 4.78 is 0.867. The van der Waals surface area contributed by atoms with E-state index >= 15 is 0 Å². The van der Waals surface area contributed by atoms with Crippen LogP contribution in [0.4, 0.5) is 5.82 Å². The van der Waals surface area contributed by atoms with Gasteiger partial charge in [0.15, 0.2) is 11.7 Å². The van der Waals surface area contributed by atoms with Gasteiger partial charge in [-0.25, -0.2) is 15.8 Å². The number of benzene rings is 1. The summed E-state index contributed by atoms with van der Waals surface area (Å²) in [6.07, 6.45) is 1.47. The van der Waals surface area contributed by atoms with E-state index in [-0.39, 0.29) is 5.84 Å². The molecule has 0 atom stereocenters. The average molecular weight is 314 g/mol. The van der Waals surface area contributed by atoms with E-state index in [0.29, 0.717) is 11.4 Å². The topological polar surface area (TPSA) is 122 Å². The lowest BCUT2D eigenvalue weighted by Crippen LogP contribution is -2.14. The monoisotopic (exact) mass is 314 g/mol. The van der Waals surface area contributed by atoms with Gasteiger partial charge >= 0.3 is 0 Å². The molecule has 0 saturated carbocycles. The Balaban J connectivity index is 2.30. The number of hydrazine groups is 1. The molecule has 3 rings (SSSR count). The van der Waals surface area contributed by atoms with E-state index in [1.807, 2.05) is 31.2 Å². The molecule has 0 bridgehead atoms. The second-order valence-corrected chi connectivity index (χ2v) is 5.65. The SMILES string of the molecule is Cc1c(-c2ccccc2/C(N)=N/O)sc2c(NN)ncnc12. The predicted octanol–water partition coefficient (Wildman–Crippen LogP) is 2.05. The summed E-state index contributed by atoms with van der Waals surface area (Å²) in [4.78, 5) is 9.43. The van der Waals surface area contributed by atoms with Gasteiger partial charge in [0.1, 0.15) is 6.33 Å². The fraction of sp³-hybridized carbons (Fsp3) is 0.0714. The molecule has 7 nitrogen and oxygen atoms in total. The highest BCUT2D eigenvalue weighted by molar-refractivity contribution is 7.23. The quantitative estimate of drug-likeness (QED) is 0.193. The van der Waals surface area contributed by atoms with Gasteiger partial charge in [-0.15, -0.1) is 11.3 Å². The van der Waals surface area contributed by atoms with Crippen molar-refractivity contribution in [2.75, 3.05) is 5.43 Å². The summed E-state index contributed by atoms with van der Waals surface area (Å²) in [5.41, 5.74) is 11.7. The van der Waals surface area contributed by atoms with Crippen molar-refractivity contribution >= 4 is 33.2 Å². The molecule has 1 aromatic carbocycles. The van der Waals surface area contributed by atoms with Crippen LogP contribution in [0.1, 0.15) is 11.1 Å². The Labute approximate surface area is 130 Å². The normalized spacial score (nSPS) is 11.8. The van der Waals surface area contributed by atoms with Crippen LogP contribution in [0.2, 0.25) is 0 Å². The standard InChI is InChI=1S/C14H14N6OS/c1-7-10-12(14(19-16)18-6-17-10)22-11(7)8-4-2-3-5-9(8)13(15)20-21/h2-6,21H,16H2,1H3,(H2,15,20)(H,17,18,19). The molecule has 0 radical (unpaired) electrons. The van der Waals surface area contributed by atoms with Crippen molar-refractivity contribution in [3.05, 3.63) is 41.7 Å². The minimum absolute atomic E-state index is 0.0655. The van der Waals surface area contributed by atoms with E-state index in [4.69, 9.17) is 16.8 Å². The molecule has 6 N–H and O–H groups in total. The molecule has 0 fully saturated rings. The van der Waals surface area contributed by atoms with E-state index in [1.54, 1.807) is 0 Å². The molecular weight excluding hydrogens is 300 g/mol. The van der Waals surface area contributed by atoms with Crippen molar-refractivity contribution in [2.24, 2.45) is 16.7 Å². The van der Waals surface area contributed by atoms with E-state index in [9.17, 15) is 0 Å². The maximum Gasteiger partial charge on any atom is 0.170 e. The van der Waals surface area contributed by atoms with Crippen LogP contribution in [0.5, 0.6) is 0 Å². The van der Waals surface area contributed by atoms with E-state index in [2.05, 4.69) is 20.5 Å². The molecule has 0 saturated heterocycles. The third-order valence-electron chi connectivity index (χ3n) is 3.40. The number of nitrogen functional groups attached to an aromatic ring is 1. The number of hydrogen-bond donors (Lipinski definition) is 4. The number of aromatic nitrogens is 2. The number of nitrogens with two attached hydrogens (primary N) is 2. The first-order valence-corrected chi connectivity index (χ1v) is 7.27. The molecule has 0 aliphatic heterocycles. The average Bonchev–Trinajstić information content (AvgIpc) is 2.91. The summed E-state index contributed by atoms with van der Waals surface area (Å²) in [6, 6.07) is 7.48. The second-order valence-electron chi connectivity index (χ2n) is 4.63. The number of oxime groups is 1. The number of nitrogens with zero attached hydrogens (tertiary/aromatic N) is 3. The van der Waals surface area contributed by atoms with Crippen molar-refractivity contribution in [1.29, 1.82) is 0 Å². The van der Waals surface area contributed by atoms with Crippen molar-refractivity contribution in [3.63, 3.8) is 0 Å². The summed E-state index contributed by atoms with van der Waals surface area (Å²) in [7, 11) is 0. The number of hydrogen-bond acceptors (Lipinski definition) is 7. The minimum Gasteiger partial charge on any atom is -0.409 e. The van der Waals surface area contributed by atoms with Gasteiger partial charge in [-0.1, -0.05) is 29.4 Å². The summed E-state index contributed by atoms with van der Waals surface area (Å²) in [5, 5.41) is 12.1. The van der Waals surface area contributed by atoms with Crippen LogP contribution in [0.3, 0.4) is 0 Å². The Morgan fingerprint density at radius 2 is 2.09 bits per heavy atom. The van der Waals surface area contributed by atoms with Gasteiger partial charge in [0.05, 0.1) is 10.2 Å². The van der Waals surface area contributed by atoms with Crippen LogP contribution in [-0.4, -0.2) is 21.0 Å². The highest BCUT2D eigenvalue weighted by Gasteiger charge is 2.18. The lowest BCUT2D eigenvalue weighted by Gasteiger charge is -2.07. The third kappa shape index (κ3) is 2.14.